The quantitative estimate of drug-likeness (QED) is 0.207. The van der Waals surface area contributed by atoms with E-state index in [0.29, 0.717) is 27.8 Å². The maximum Gasteiger partial charge on any atom is 0.259 e. The average Bonchev–Trinajstić information content (AvgIpc) is 3.33. The Morgan fingerprint density at radius 3 is 2.58 bits per heavy atom. The SMILES string of the molecule is Cl.Cl.O=C(Nc1ccccc1Cl)c1cccnc1Nc1ccc(Oc2ccnc3[nH]ccc23)c(F)c1. The van der Waals surface area contributed by atoms with Crippen LogP contribution >= 0.6 is 36.4 Å². The number of aromatic amines is 1. The van der Waals surface area contributed by atoms with Gasteiger partial charge in [-0.1, -0.05) is 23.7 Å². The van der Waals surface area contributed by atoms with E-state index in [9.17, 15) is 9.18 Å². The van der Waals surface area contributed by atoms with E-state index in [0.717, 1.165) is 5.39 Å². The first-order chi connectivity index (χ1) is 16.6. The zero-order chi connectivity index (χ0) is 23.5. The molecule has 0 aliphatic heterocycles. The van der Waals surface area contributed by atoms with Crippen molar-refractivity contribution in [2.24, 2.45) is 0 Å². The second kappa shape index (κ2) is 11.7. The number of pyridine rings is 2. The molecule has 1 amide bonds. The van der Waals surface area contributed by atoms with Gasteiger partial charge in [-0.3, -0.25) is 4.79 Å². The standard InChI is InChI=1S/C25H17ClFN5O2.2ClH/c26-18-5-1-2-6-20(18)32-25(33)17-4-3-11-28-24(17)31-15-7-8-22(19(27)14-15)34-21-10-13-30-23-16(21)9-12-29-23;;/h1-14H,(H,28,31)(H,29,30)(H,32,33);2*1H. The highest BCUT2D eigenvalue weighted by atomic mass is 35.5. The zero-order valence-corrected chi connectivity index (χ0v) is 20.8. The Hall–Kier alpha value is -3.85. The molecule has 0 fully saturated rings. The summed E-state index contributed by atoms with van der Waals surface area (Å²) in [7, 11) is 0. The van der Waals surface area contributed by atoms with E-state index < -0.39 is 11.7 Å². The summed E-state index contributed by atoms with van der Waals surface area (Å²) in [6.07, 6.45) is 4.85. The topological polar surface area (TPSA) is 91.9 Å². The summed E-state index contributed by atoms with van der Waals surface area (Å²) in [4.78, 5) is 24.3. The lowest BCUT2D eigenvalue weighted by Crippen LogP contribution is -2.15. The van der Waals surface area contributed by atoms with Gasteiger partial charge in [0.05, 0.1) is 21.7 Å². The number of rotatable bonds is 6. The molecule has 3 aromatic heterocycles. The van der Waals surface area contributed by atoms with Gasteiger partial charge in [0.2, 0.25) is 0 Å². The first-order valence-corrected chi connectivity index (χ1v) is 10.6. The predicted octanol–water partition coefficient (Wildman–Crippen LogP) is 7.38. The second-order valence-electron chi connectivity index (χ2n) is 7.25. The summed E-state index contributed by atoms with van der Waals surface area (Å²) >= 11 is 6.14. The molecule has 0 saturated carbocycles. The Labute approximate surface area is 222 Å². The molecule has 0 spiro atoms. The van der Waals surface area contributed by atoms with Crippen LogP contribution in [0.1, 0.15) is 10.4 Å². The van der Waals surface area contributed by atoms with E-state index in [1.165, 1.54) is 18.3 Å². The van der Waals surface area contributed by atoms with Crippen molar-refractivity contribution in [2.45, 2.75) is 0 Å². The largest absolute Gasteiger partial charge is 0.453 e. The van der Waals surface area contributed by atoms with Gasteiger partial charge in [-0.15, -0.1) is 24.8 Å². The Morgan fingerprint density at radius 2 is 1.78 bits per heavy atom. The molecule has 3 heterocycles. The maximum absolute atomic E-state index is 14.9. The number of anilines is 3. The van der Waals surface area contributed by atoms with E-state index in [1.807, 2.05) is 6.07 Å². The van der Waals surface area contributed by atoms with Crippen LogP contribution in [-0.4, -0.2) is 20.9 Å². The van der Waals surface area contributed by atoms with Gasteiger partial charge in [0.1, 0.15) is 17.2 Å². The fourth-order valence-electron chi connectivity index (χ4n) is 3.38. The zero-order valence-electron chi connectivity index (χ0n) is 18.4. The predicted molar refractivity (Wildman–Crippen MR) is 144 cm³/mol. The van der Waals surface area contributed by atoms with E-state index in [1.54, 1.807) is 60.9 Å². The number of para-hydroxylation sites is 1. The first-order valence-electron chi connectivity index (χ1n) is 10.3. The number of nitrogens with zero attached hydrogens (tertiary/aromatic N) is 2. The van der Waals surface area contributed by atoms with Crippen LogP contribution in [0.4, 0.5) is 21.6 Å². The normalized spacial score (nSPS) is 10.2. The van der Waals surface area contributed by atoms with Gasteiger partial charge in [0.15, 0.2) is 11.6 Å². The summed E-state index contributed by atoms with van der Waals surface area (Å²) in [5.41, 5.74) is 1.80. The lowest BCUT2D eigenvalue weighted by molar-refractivity contribution is 0.102. The van der Waals surface area contributed by atoms with Crippen LogP contribution in [0.25, 0.3) is 11.0 Å². The van der Waals surface area contributed by atoms with Gasteiger partial charge >= 0.3 is 0 Å². The molecule has 0 saturated heterocycles. The molecule has 184 valence electrons. The van der Waals surface area contributed by atoms with E-state index in [2.05, 4.69) is 25.6 Å². The molecule has 11 heteroatoms. The van der Waals surface area contributed by atoms with E-state index in [-0.39, 0.29) is 41.9 Å². The molecule has 0 bridgehead atoms. The molecule has 5 rings (SSSR count). The van der Waals surface area contributed by atoms with Gasteiger partial charge in [-0.05, 0) is 48.5 Å². The molecule has 0 aliphatic carbocycles. The number of hydrogen-bond donors (Lipinski definition) is 3. The third-order valence-electron chi connectivity index (χ3n) is 5.01. The van der Waals surface area contributed by atoms with Crippen LogP contribution in [0.3, 0.4) is 0 Å². The molecule has 3 N–H and O–H groups in total. The fourth-order valence-corrected chi connectivity index (χ4v) is 3.56. The van der Waals surface area contributed by atoms with Crippen molar-refractivity contribution < 1.29 is 13.9 Å². The van der Waals surface area contributed by atoms with Crippen molar-refractivity contribution in [2.75, 3.05) is 10.6 Å². The smallest absolute Gasteiger partial charge is 0.259 e. The maximum atomic E-state index is 14.9. The van der Waals surface area contributed by atoms with Crippen LogP contribution in [0.15, 0.2) is 85.3 Å². The number of benzene rings is 2. The summed E-state index contributed by atoms with van der Waals surface area (Å²) in [6, 6.07) is 18.1. The molecule has 0 unspecified atom stereocenters. The van der Waals surface area contributed by atoms with E-state index >= 15 is 0 Å². The van der Waals surface area contributed by atoms with Crippen LogP contribution in [0.5, 0.6) is 11.5 Å². The van der Waals surface area contributed by atoms with Gasteiger partial charge in [-0.25, -0.2) is 14.4 Å². The molecular weight excluding hydrogens is 528 g/mol. The molecule has 0 radical (unpaired) electrons. The molecule has 0 atom stereocenters. The summed E-state index contributed by atoms with van der Waals surface area (Å²) in [6.45, 7) is 0. The van der Waals surface area contributed by atoms with Crippen molar-refractivity contribution in [3.05, 3.63) is 102 Å². The summed E-state index contributed by atoms with van der Waals surface area (Å²) in [5.74, 6) is -0.185. The lowest BCUT2D eigenvalue weighted by atomic mass is 10.2. The minimum absolute atomic E-state index is 0. The number of aromatic nitrogens is 3. The van der Waals surface area contributed by atoms with Gasteiger partial charge in [0.25, 0.3) is 5.91 Å². The van der Waals surface area contributed by atoms with Crippen LogP contribution in [-0.2, 0) is 0 Å². The fraction of sp³-hybridized carbons (Fsp3) is 0. The van der Waals surface area contributed by atoms with Gasteiger partial charge in [-0.2, -0.15) is 0 Å². The van der Waals surface area contributed by atoms with Crippen molar-refractivity contribution in [3.63, 3.8) is 0 Å². The highest BCUT2D eigenvalue weighted by molar-refractivity contribution is 6.34. The molecular formula is C25H19Cl3FN5O2. The Morgan fingerprint density at radius 1 is 0.944 bits per heavy atom. The molecule has 36 heavy (non-hydrogen) atoms. The number of ether oxygens (including phenoxy) is 1. The third kappa shape index (κ3) is 5.68. The van der Waals surface area contributed by atoms with Gasteiger partial charge in [0, 0.05) is 30.3 Å². The van der Waals surface area contributed by atoms with Crippen LogP contribution in [0.2, 0.25) is 5.02 Å². The number of amides is 1. The summed E-state index contributed by atoms with van der Waals surface area (Å²) in [5, 5.41) is 6.91. The Balaban J connectivity index is 0.00000180. The molecule has 2 aromatic carbocycles. The van der Waals surface area contributed by atoms with Crippen molar-refractivity contribution >= 4 is 70.5 Å². The highest BCUT2D eigenvalue weighted by Gasteiger charge is 2.15. The Kier molecular flexibility index (Phi) is 8.71. The number of fused-ring (bicyclic) bond motifs is 1. The van der Waals surface area contributed by atoms with Crippen LogP contribution < -0.4 is 15.4 Å². The monoisotopic (exact) mass is 545 g/mol. The number of hydrogen-bond acceptors (Lipinski definition) is 5. The highest BCUT2D eigenvalue weighted by Crippen LogP contribution is 2.32. The molecule has 0 aliphatic rings. The summed E-state index contributed by atoms with van der Waals surface area (Å²) < 4.78 is 20.6. The minimum atomic E-state index is -0.580. The van der Waals surface area contributed by atoms with Crippen molar-refractivity contribution in [1.29, 1.82) is 0 Å². The first kappa shape index (κ1) is 26.7. The van der Waals surface area contributed by atoms with E-state index in [4.69, 9.17) is 16.3 Å². The second-order valence-corrected chi connectivity index (χ2v) is 7.66. The van der Waals surface area contributed by atoms with Gasteiger partial charge < -0.3 is 20.4 Å². The number of H-pyrrole nitrogens is 1. The average molecular weight is 547 g/mol. The van der Waals surface area contributed by atoms with Crippen molar-refractivity contribution in [1.82, 2.24) is 15.0 Å². The number of nitrogens with one attached hydrogen (secondary N) is 3. The minimum Gasteiger partial charge on any atom is -0.453 e. The van der Waals surface area contributed by atoms with Crippen LogP contribution in [0, 0.1) is 5.82 Å². The molecule has 7 nitrogen and oxygen atoms in total. The number of carbonyl (C=O) groups excluding carboxylic acids is 1. The number of halogens is 4. The Bertz CT molecular complexity index is 1510. The third-order valence-corrected chi connectivity index (χ3v) is 5.34. The number of carbonyl (C=O) groups is 1. The molecule has 5 aromatic rings. The van der Waals surface area contributed by atoms with Crippen molar-refractivity contribution in [3.8, 4) is 11.5 Å². The lowest BCUT2D eigenvalue weighted by Gasteiger charge is -2.13.